The van der Waals surface area contributed by atoms with E-state index < -0.39 is 11.7 Å². The van der Waals surface area contributed by atoms with Crippen LogP contribution in [-0.2, 0) is 6.18 Å². The van der Waals surface area contributed by atoms with Gasteiger partial charge in [-0.1, -0.05) is 121 Å². The third kappa shape index (κ3) is 7.13. The van der Waals surface area contributed by atoms with Crippen LogP contribution in [0.4, 0.5) is 13.2 Å². The van der Waals surface area contributed by atoms with E-state index in [1.54, 1.807) is 12.1 Å². The largest absolute Gasteiger partial charge is 0.416 e. The Balaban J connectivity index is 1.14. The topological polar surface area (TPSA) is 83.2 Å². The molecule has 4 heterocycles. The smallest absolute Gasteiger partial charge is 0.308 e. The van der Waals surface area contributed by atoms with Crippen molar-refractivity contribution in [2.75, 3.05) is 0 Å². The van der Waals surface area contributed by atoms with Crippen molar-refractivity contribution in [1.82, 2.24) is 19.1 Å². The first kappa shape index (κ1) is 41.8. The van der Waals surface area contributed by atoms with Gasteiger partial charge < -0.3 is 9.13 Å². The van der Waals surface area contributed by atoms with Crippen LogP contribution >= 0.6 is 0 Å². The number of alkyl halides is 3. The zero-order valence-electron chi connectivity index (χ0n) is 37.0. The van der Waals surface area contributed by atoms with E-state index in [4.69, 9.17) is 9.97 Å². The molecule has 0 bridgehead atoms. The summed E-state index contributed by atoms with van der Waals surface area (Å²) in [7, 11) is 0. The van der Waals surface area contributed by atoms with Crippen LogP contribution in [0.2, 0.25) is 0 Å². The molecule has 0 N–H and O–H groups in total. The Kier molecular flexibility index (Phi) is 9.94. The summed E-state index contributed by atoms with van der Waals surface area (Å²) in [6.07, 6.45) is -4.77. The third-order valence-corrected chi connectivity index (χ3v) is 13.0. The molecule has 9 heteroatoms. The van der Waals surface area contributed by atoms with E-state index in [9.17, 15) is 23.7 Å². The molecule has 0 aliphatic rings. The molecule has 0 unspecified atom stereocenters. The molecule has 70 heavy (non-hydrogen) atoms. The van der Waals surface area contributed by atoms with E-state index >= 15 is 0 Å². The number of benzene rings is 8. The van der Waals surface area contributed by atoms with Crippen molar-refractivity contribution >= 4 is 43.6 Å². The van der Waals surface area contributed by atoms with Crippen LogP contribution < -0.4 is 0 Å². The maximum Gasteiger partial charge on any atom is 0.416 e. The van der Waals surface area contributed by atoms with Gasteiger partial charge >= 0.3 is 6.18 Å². The maximum absolute atomic E-state index is 14.9. The Hall–Kier alpha value is -9.57. The molecule has 6 nitrogen and oxygen atoms in total. The Morgan fingerprint density at radius 1 is 0.357 bits per heavy atom. The van der Waals surface area contributed by atoms with Gasteiger partial charge in [0.05, 0.1) is 85.0 Å². The van der Waals surface area contributed by atoms with Gasteiger partial charge in [0.1, 0.15) is 0 Å². The summed E-state index contributed by atoms with van der Waals surface area (Å²) in [5.74, 6) is 0. The summed E-state index contributed by atoms with van der Waals surface area (Å²) in [6.45, 7) is 0. The average Bonchev–Trinajstić information content (AvgIpc) is 3.92. The van der Waals surface area contributed by atoms with Crippen molar-refractivity contribution in [1.29, 1.82) is 10.5 Å². The van der Waals surface area contributed by atoms with E-state index in [0.717, 1.165) is 101 Å². The van der Waals surface area contributed by atoms with Gasteiger partial charge in [0.2, 0.25) is 0 Å². The molecule has 0 fully saturated rings. The zero-order valence-corrected chi connectivity index (χ0v) is 37.0. The normalized spacial score (nSPS) is 11.6. The number of fused-ring (bicyclic) bond motifs is 6. The Morgan fingerprint density at radius 2 is 0.771 bits per heavy atom. The second-order valence-electron chi connectivity index (χ2n) is 17.1. The minimum absolute atomic E-state index is 0.153. The molecule has 0 saturated carbocycles. The lowest BCUT2D eigenvalue weighted by Gasteiger charge is -2.22. The van der Waals surface area contributed by atoms with E-state index in [2.05, 4.69) is 18.2 Å². The Labute approximate surface area is 399 Å². The lowest BCUT2D eigenvalue weighted by atomic mass is 9.94. The van der Waals surface area contributed by atoms with Gasteiger partial charge in [0.15, 0.2) is 0 Å². The molecule has 0 spiro atoms. The van der Waals surface area contributed by atoms with Gasteiger partial charge in [0.25, 0.3) is 0 Å². The van der Waals surface area contributed by atoms with Gasteiger partial charge in [-0.2, -0.15) is 23.7 Å². The van der Waals surface area contributed by atoms with Gasteiger partial charge in [-0.3, -0.25) is 0 Å². The molecular formula is C61H35F3N6. The number of hydrogen-bond acceptors (Lipinski definition) is 4. The van der Waals surface area contributed by atoms with Crippen LogP contribution in [0.3, 0.4) is 0 Å². The van der Waals surface area contributed by atoms with Gasteiger partial charge in [0, 0.05) is 49.4 Å². The first-order valence-corrected chi connectivity index (χ1v) is 22.6. The van der Waals surface area contributed by atoms with Crippen LogP contribution in [-0.4, -0.2) is 19.1 Å². The van der Waals surface area contributed by atoms with Crippen molar-refractivity contribution in [3.63, 3.8) is 0 Å². The Bertz CT molecular complexity index is 3920. The molecule has 4 aromatic heterocycles. The van der Waals surface area contributed by atoms with Crippen LogP contribution in [0.25, 0.3) is 111 Å². The molecule has 0 aliphatic heterocycles. The number of para-hydroxylation sites is 2. The summed E-state index contributed by atoms with van der Waals surface area (Å²) < 4.78 is 48.8. The monoisotopic (exact) mass is 908 g/mol. The highest BCUT2D eigenvalue weighted by Crippen LogP contribution is 2.45. The quantitative estimate of drug-likeness (QED) is 0.159. The number of hydrogen-bond donors (Lipinski definition) is 0. The highest BCUT2D eigenvalue weighted by Gasteiger charge is 2.33. The lowest BCUT2D eigenvalue weighted by molar-refractivity contribution is -0.137. The second-order valence-corrected chi connectivity index (χ2v) is 17.1. The molecule has 0 radical (unpaired) electrons. The summed E-state index contributed by atoms with van der Waals surface area (Å²) in [6, 6.07) is 71.1. The van der Waals surface area contributed by atoms with Gasteiger partial charge in [-0.15, -0.1) is 0 Å². The van der Waals surface area contributed by atoms with Crippen LogP contribution in [0.15, 0.2) is 212 Å². The predicted octanol–water partition coefficient (Wildman–Crippen LogP) is 15.8. The number of nitrogens with zero attached hydrogens (tertiary/aromatic N) is 6. The second kappa shape index (κ2) is 16.6. The highest BCUT2D eigenvalue weighted by molar-refractivity contribution is 6.13. The Morgan fingerprint density at radius 3 is 1.23 bits per heavy atom. The third-order valence-electron chi connectivity index (χ3n) is 13.0. The minimum Gasteiger partial charge on any atom is -0.308 e. The van der Waals surface area contributed by atoms with Crippen molar-refractivity contribution in [2.24, 2.45) is 0 Å². The molecule has 0 saturated heterocycles. The molecular weight excluding hydrogens is 874 g/mol. The summed E-state index contributed by atoms with van der Waals surface area (Å²) >= 11 is 0. The first-order chi connectivity index (χ1) is 34.2. The number of aromatic nitrogens is 4. The predicted molar refractivity (Wildman–Crippen MR) is 272 cm³/mol. The van der Waals surface area contributed by atoms with Crippen molar-refractivity contribution in [3.05, 3.63) is 229 Å². The fraction of sp³-hybridized carbons (Fsp3) is 0.0164. The fourth-order valence-corrected chi connectivity index (χ4v) is 9.84. The summed E-state index contributed by atoms with van der Waals surface area (Å²) in [4.78, 5) is 10.1. The standard InChI is InChI=1S/C61H35F3N6/c62-61(63,64)45-30-38(36-65)29-44(33-45)60-58(69-54-23-9-7-17-46(54)48-34-42(25-27-56(48)69)52-21-11-19-50(67-52)40-13-3-1-4-14-40)31-39(37-66)32-59(60)70-55-24-10-8-18-47(55)49-35-43(26-28-57(49)70)53-22-12-20-51(68-53)41-15-5-2-6-16-41/h1-35H. The summed E-state index contributed by atoms with van der Waals surface area (Å²) in [5.41, 5.74) is 10.7. The van der Waals surface area contributed by atoms with Gasteiger partial charge in [-0.25, -0.2) is 9.97 Å². The van der Waals surface area contributed by atoms with Crippen LogP contribution in [0, 0.1) is 22.7 Å². The van der Waals surface area contributed by atoms with E-state index in [0.29, 0.717) is 16.9 Å². The SMILES string of the molecule is N#Cc1cc(-c2c(-n3c4ccccc4c4cc(-c5cccc(-c6ccccc6)n5)ccc43)cc(C#N)cc2-n2c3ccccc3c3cc(-c4cccc(-c5ccccc5)n4)ccc32)cc(C(F)(F)F)c1. The van der Waals surface area contributed by atoms with E-state index in [1.807, 2.05) is 185 Å². The fourth-order valence-electron chi connectivity index (χ4n) is 9.84. The van der Waals surface area contributed by atoms with Crippen molar-refractivity contribution in [2.45, 2.75) is 6.18 Å². The molecule has 330 valence electrons. The number of pyridine rings is 2. The number of nitriles is 2. The van der Waals surface area contributed by atoms with E-state index in [1.165, 1.54) is 6.07 Å². The van der Waals surface area contributed by atoms with E-state index in [-0.39, 0.29) is 16.7 Å². The molecule has 0 amide bonds. The number of halogens is 3. The highest BCUT2D eigenvalue weighted by atomic mass is 19.4. The maximum atomic E-state index is 14.9. The van der Waals surface area contributed by atoms with Gasteiger partial charge in [-0.05, 0) is 96.6 Å². The van der Waals surface area contributed by atoms with Crippen molar-refractivity contribution in [3.8, 4) is 79.7 Å². The zero-order chi connectivity index (χ0) is 47.5. The molecule has 8 aromatic carbocycles. The molecule has 0 aliphatic carbocycles. The van der Waals surface area contributed by atoms with Crippen molar-refractivity contribution < 1.29 is 13.2 Å². The average molecular weight is 909 g/mol. The lowest BCUT2D eigenvalue weighted by Crippen LogP contribution is -2.08. The van der Waals surface area contributed by atoms with Crippen LogP contribution in [0.1, 0.15) is 16.7 Å². The first-order valence-electron chi connectivity index (χ1n) is 22.6. The van der Waals surface area contributed by atoms with Crippen LogP contribution in [0.5, 0.6) is 0 Å². The molecule has 12 rings (SSSR count). The molecule has 12 aromatic rings. The molecule has 0 atom stereocenters. The number of rotatable bonds is 7. The minimum atomic E-state index is -4.77. The summed E-state index contributed by atoms with van der Waals surface area (Å²) in [5, 5.41) is 24.7.